The molecule has 3 nitrogen and oxygen atoms in total. The normalized spacial score (nSPS) is 27.1. The minimum absolute atomic E-state index is 0.0440. The summed E-state index contributed by atoms with van der Waals surface area (Å²) in [6, 6.07) is 0. The van der Waals surface area contributed by atoms with Crippen molar-refractivity contribution in [1.82, 2.24) is 10.2 Å². The third kappa shape index (κ3) is 0.966. The summed E-state index contributed by atoms with van der Waals surface area (Å²) in [5, 5.41) is 3.30. The number of piperidine rings is 1. The van der Waals surface area contributed by atoms with E-state index in [0.29, 0.717) is 0 Å². The monoisotopic (exact) mass is 166 g/mol. The third-order valence-electron chi connectivity index (χ3n) is 3.00. The van der Waals surface area contributed by atoms with E-state index in [-0.39, 0.29) is 11.4 Å². The zero-order chi connectivity index (χ0) is 8.60. The Bertz CT molecular complexity index is 229. The number of hydrogen-bond acceptors (Lipinski definition) is 2. The highest BCUT2D eigenvalue weighted by atomic mass is 16.2. The molecule has 2 heterocycles. The summed E-state index contributed by atoms with van der Waals surface area (Å²) < 4.78 is 0. The van der Waals surface area contributed by atoms with E-state index in [2.05, 4.69) is 11.4 Å². The topological polar surface area (TPSA) is 32.3 Å². The van der Waals surface area contributed by atoms with Crippen molar-refractivity contribution in [1.29, 1.82) is 0 Å². The van der Waals surface area contributed by atoms with Crippen LogP contribution in [0.4, 0.5) is 0 Å². The minimum Gasteiger partial charge on any atom is -0.333 e. The van der Waals surface area contributed by atoms with Gasteiger partial charge in [0.1, 0.15) is 0 Å². The predicted molar refractivity (Wildman–Crippen MR) is 46.7 cm³/mol. The molecule has 2 aliphatic heterocycles. The van der Waals surface area contributed by atoms with E-state index in [1.165, 1.54) is 0 Å². The Kier molecular flexibility index (Phi) is 1.68. The van der Waals surface area contributed by atoms with Gasteiger partial charge < -0.3 is 10.2 Å². The average Bonchev–Trinajstić information content (AvgIpc) is 2.37. The van der Waals surface area contributed by atoms with Crippen LogP contribution in [0.3, 0.4) is 0 Å². The molecule has 2 aliphatic rings. The maximum absolute atomic E-state index is 11.3. The molecule has 0 atom stereocenters. The average molecular weight is 166 g/mol. The fraction of sp³-hybridized carbons (Fsp3) is 0.667. The van der Waals surface area contributed by atoms with Crippen molar-refractivity contribution in [2.45, 2.75) is 18.4 Å². The van der Waals surface area contributed by atoms with Crippen molar-refractivity contribution in [3.8, 4) is 0 Å². The molecule has 2 rings (SSSR count). The molecule has 0 saturated carbocycles. The van der Waals surface area contributed by atoms with E-state index in [1.54, 1.807) is 6.08 Å². The van der Waals surface area contributed by atoms with Gasteiger partial charge in [0.15, 0.2) is 0 Å². The molecule has 1 fully saturated rings. The third-order valence-corrected chi connectivity index (χ3v) is 3.00. The lowest BCUT2D eigenvalue weighted by molar-refractivity contribution is -0.127. The minimum atomic E-state index is 0.0440. The molecular weight excluding hydrogens is 152 g/mol. The lowest BCUT2D eigenvalue weighted by atomic mass is 9.89. The van der Waals surface area contributed by atoms with Gasteiger partial charge in [-0.25, -0.2) is 0 Å². The molecule has 0 radical (unpaired) electrons. The Morgan fingerprint density at radius 1 is 1.50 bits per heavy atom. The summed E-state index contributed by atoms with van der Waals surface area (Å²) >= 11 is 0. The van der Waals surface area contributed by atoms with Crippen LogP contribution in [-0.2, 0) is 4.79 Å². The molecule has 0 aliphatic carbocycles. The lowest BCUT2D eigenvalue weighted by Crippen LogP contribution is -2.50. The zero-order valence-electron chi connectivity index (χ0n) is 7.34. The van der Waals surface area contributed by atoms with Gasteiger partial charge in [-0.3, -0.25) is 4.79 Å². The van der Waals surface area contributed by atoms with E-state index in [1.807, 2.05) is 11.9 Å². The van der Waals surface area contributed by atoms with Gasteiger partial charge in [0.2, 0.25) is 5.91 Å². The van der Waals surface area contributed by atoms with Gasteiger partial charge in [-0.2, -0.15) is 0 Å². The van der Waals surface area contributed by atoms with Gasteiger partial charge in [-0.15, -0.1) is 0 Å². The summed E-state index contributed by atoms with van der Waals surface area (Å²) in [5.41, 5.74) is 0.0440. The van der Waals surface area contributed by atoms with Crippen molar-refractivity contribution in [2.75, 3.05) is 20.1 Å². The number of likely N-dealkylation sites (N-methyl/N-ethyl adjacent to an activating group) is 1. The molecule has 1 saturated heterocycles. The first kappa shape index (κ1) is 7.80. The summed E-state index contributed by atoms with van der Waals surface area (Å²) in [7, 11) is 1.90. The van der Waals surface area contributed by atoms with Crippen LogP contribution in [-0.4, -0.2) is 36.5 Å². The van der Waals surface area contributed by atoms with Gasteiger partial charge in [0, 0.05) is 13.1 Å². The van der Waals surface area contributed by atoms with E-state index in [4.69, 9.17) is 0 Å². The van der Waals surface area contributed by atoms with Gasteiger partial charge in [-0.1, -0.05) is 6.08 Å². The molecule has 12 heavy (non-hydrogen) atoms. The summed E-state index contributed by atoms with van der Waals surface area (Å²) in [4.78, 5) is 13.1. The SMILES string of the molecule is CN1C(=O)C=CC12CCNCC2. The van der Waals surface area contributed by atoms with Crippen LogP contribution in [0.25, 0.3) is 0 Å². The smallest absolute Gasteiger partial charge is 0.246 e. The molecule has 1 spiro atoms. The first-order chi connectivity index (χ1) is 5.75. The number of carbonyl (C=O) groups is 1. The van der Waals surface area contributed by atoms with E-state index >= 15 is 0 Å². The molecule has 0 aromatic heterocycles. The number of nitrogens with one attached hydrogen (secondary N) is 1. The number of nitrogens with zero attached hydrogens (tertiary/aromatic N) is 1. The van der Waals surface area contributed by atoms with E-state index in [0.717, 1.165) is 25.9 Å². The molecule has 0 bridgehead atoms. The fourth-order valence-corrected chi connectivity index (χ4v) is 2.03. The Labute approximate surface area is 72.4 Å². The molecule has 1 N–H and O–H groups in total. The summed E-state index contributed by atoms with van der Waals surface area (Å²) in [5.74, 6) is 0.150. The largest absolute Gasteiger partial charge is 0.333 e. The second-order valence-electron chi connectivity index (χ2n) is 3.58. The number of amides is 1. The lowest BCUT2D eigenvalue weighted by Gasteiger charge is -2.38. The second-order valence-corrected chi connectivity index (χ2v) is 3.58. The molecular formula is C9H14N2O. The first-order valence-electron chi connectivity index (χ1n) is 4.42. The van der Waals surface area contributed by atoms with Crippen LogP contribution in [0.15, 0.2) is 12.2 Å². The highest BCUT2D eigenvalue weighted by molar-refractivity contribution is 5.91. The van der Waals surface area contributed by atoms with Gasteiger partial charge in [0.05, 0.1) is 5.54 Å². The molecule has 3 heteroatoms. The first-order valence-corrected chi connectivity index (χ1v) is 4.42. The van der Waals surface area contributed by atoms with Crippen molar-refractivity contribution < 1.29 is 4.79 Å². The van der Waals surface area contributed by atoms with Gasteiger partial charge in [0.25, 0.3) is 0 Å². The van der Waals surface area contributed by atoms with Crippen molar-refractivity contribution >= 4 is 5.91 Å². The van der Waals surface area contributed by atoms with Crippen LogP contribution in [0, 0.1) is 0 Å². The maximum Gasteiger partial charge on any atom is 0.246 e. The van der Waals surface area contributed by atoms with Crippen LogP contribution >= 0.6 is 0 Å². The predicted octanol–water partition coefficient (Wildman–Crippen LogP) is 0.137. The fourth-order valence-electron chi connectivity index (χ4n) is 2.03. The Balaban J connectivity index is 2.20. The quantitative estimate of drug-likeness (QED) is 0.555. The molecule has 66 valence electrons. The molecule has 1 amide bonds. The highest BCUT2D eigenvalue weighted by Gasteiger charge is 2.39. The zero-order valence-corrected chi connectivity index (χ0v) is 7.34. The van der Waals surface area contributed by atoms with Crippen molar-refractivity contribution in [2.24, 2.45) is 0 Å². The number of rotatable bonds is 0. The van der Waals surface area contributed by atoms with Crippen LogP contribution in [0.2, 0.25) is 0 Å². The van der Waals surface area contributed by atoms with Crippen molar-refractivity contribution in [3.63, 3.8) is 0 Å². The highest BCUT2D eigenvalue weighted by Crippen LogP contribution is 2.30. The van der Waals surface area contributed by atoms with Crippen LogP contribution < -0.4 is 5.32 Å². The summed E-state index contributed by atoms with van der Waals surface area (Å²) in [6.45, 7) is 2.03. The Morgan fingerprint density at radius 2 is 2.17 bits per heavy atom. The molecule has 0 aromatic carbocycles. The molecule has 0 aromatic rings. The van der Waals surface area contributed by atoms with E-state index in [9.17, 15) is 4.79 Å². The number of hydrogen-bond donors (Lipinski definition) is 1. The van der Waals surface area contributed by atoms with Crippen molar-refractivity contribution in [3.05, 3.63) is 12.2 Å². The van der Waals surface area contributed by atoms with Gasteiger partial charge in [-0.05, 0) is 25.9 Å². The van der Waals surface area contributed by atoms with E-state index < -0.39 is 0 Å². The number of carbonyl (C=O) groups excluding carboxylic acids is 1. The summed E-state index contributed by atoms with van der Waals surface area (Å²) in [6.07, 6.45) is 5.86. The maximum atomic E-state index is 11.3. The van der Waals surface area contributed by atoms with Crippen LogP contribution in [0.1, 0.15) is 12.8 Å². The van der Waals surface area contributed by atoms with Crippen LogP contribution in [0.5, 0.6) is 0 Å². The second kappa shape index (κ2) is 2.59. The Hall–Kier alpha value is -0.830. The Morgan fingerprint density at radius 3 is 2.67 bits per heavy atom. The molecule has 0 unspecified atom stereocenters. The van der Waals surface area contributed by atoms with Gasteiger partial charge >= 0.3 is 0 Å². The standard InChI is InChI=1S/C9H14N2O/c1-11-8(12)2-3-9(11)4-6-10-7-5-9/h2-3,10H,4-7H2,1H3.